The maximum absolute atomic E-state index is 5.29. The van der Waals surface area contributed by atoms with Crippen LogP contribution in [0, 0.1) is 0 Å². The summed E-state index contributed by atoms with van der Waals surface area (Å²) in [5.41, 5.74) is 5.29. The molecule has 10 heavy (non-hydrogen) atoms. The van der Waals surface area contributed by atoms with Gasteiger partial charge in [-0.15, -0.1) is 0 Å². The Hall–Kier alpha value is 0.310. The molecule has 0 bridgehead atoms. The molecule has 0 aromatic carbocycles. The Morgan fingerprint density at radius 3 is 2.20 bits per heavy atom. The molecule has 0 spiro atoms. The van der Waals surface area contributed by atoms with E-state index in [0.29, 0.717) is 0 Å². The zero-order chi connectivity index (χ0) is 8.24. The Bertz CT molecular complexity index is 34.2. The maximum atomic E-state index is 5.29. The lowest BCUT2D eigenvalue weighted by atomic mass is 10.4. The first-order chi connectivity index (χ1) is 4.91. The van der Waals surface area contributed by atoms with Gasteiger partial charge in [-0.1, -0.05) is 27.2 Å². The highest BCUT2D eigenvalue weighted by atomic mass is 32.2. The molecule has 0 amide bonds. The summed E-state index contributed by atoms with van der Waals surface area (Å²) in [5, 5.41) is 0. The fourth-order valence-electron chi connectivity index (χ4n) is 0.432. The molecule has 0 fully saturated rings. The minimum atomic E-state index is 0.828. The SMILES string of the molecule is CC.CCCCSCCN. The van der Waals surface area contributed by atoms with E-state index in [1.54, 1.807) is 0 Å². The first-order valence-electron chi connectivity index (χ1n) is 4.19. The number of unbranched alkanes of at least 4 members (excludes halogenated alkanes) is 1. The van der Waals surface area contributed by atoms with Gasteiger partial charge in [0.15, 0.2) is 0 Å². The fourth-order valence-corrected chi connectivity index (χ4v) is 1.30. The molecular formula is C8H21NS. The smallest absolute Gasteiger partial charge is 0.00558 e. The zero-order valence-electron chi connectivity index (χ0n) is 7.52. The molecule has 1 nitrogen and oxygen atoms in total. The third-order valence-electron chi connectivity index (χ3n) is 0.904. The summed E-state index contributed by atoms with van der Waals surface area (Å²) in [5.74, 6) is 2.41. The standard InChI is InChI=1S/C6H15NS.C2H6/c1-2-3-5-8-6-4-7;1-2/h2-7H2,1H3;1-2H3. The number of hydrogen-bond acceptors (Lipinski definition) is 2. The van der Waals surface area contributed by atoms with Gasteiger partial charge in [0.2, 0.25) is 0 Å². The molecule has 0 radical (unpaired) electrons. The third-order valence-corrected chi connectivity index (χ3v) is 2.01. The highest BCUT2D eigenvalue weighted by Gasteiger charge is 1.83. The summed E-state index contributed by atoms with van der Waals surface area (Å²) in [7, 11) is 0. The molecule has 0 heterocycles. The topological polar surface area (TPSA) is 26.0 Å². The van der Waals surface area contributed by atoms with E-state index in [1.165, 1.54) is 18.6 Å². The highest BCUT2D eigenvalue weighted by Crippen LogP contribution is 2.01. The van der Waals surface area contributed by atoms with Crippen LogP contribution in [-0.4, -0.2) is 18.1 Å². The van der Waals surface area contributed by atoms with Crippen molar-refractivity contribution in [3.8, 4) is 0 Å². The van der Waals surface area contributed by atoms with Gasteiger partial charge in [0.1, 0.15) is 0 Å². The second kappa shape index (κ2) is 16.1. The third kappa shape index (κ3) is 15.7. The second-order valence-electron chi connectivity index (χ2n) is 1.75. The Morgan fingerprint density at radius 2 is 1.80 bits per heavy atom. The van der Waals surface area contributed by atoms with Crippen molar-refractivity contribution in [1.82, 2.24) is 0 Å². The van der Waals surface area contributed by atoms with E-state index in [2.05, 4.69) is 6.92 Å². The molecule has 0 aliphatic carbocycles. The molecule has 0 aliphatic rings. The zero-order valence-corrected chi connectivity index (χ0v) is 8.34. The number of hydrogen-bond donors (Lipinski definition) is 1. The first kappa shape index (κ1) is 12.9. The maximum Gasteiger partial charge on any atom is 0.00558 e. The molecule has 2 N–H and O–H groups in total. The van der Waals surface area contributed by atoms with Crippen LogP contribution in [0.5, 0.6) is 0 Å². The minimum absolute atomic E-state index is 0.828. The van der Waals surface area contributed by atoms with E-state index >= 15 is 0 Å². The van der Waals surface area contributed by atoms with Gasteiger partial charge in [-0.25, -0.2) is 0 Å². The molecule has 0 unspecified atom stereocenters. The molecule has 0 saturated carbocycles. The quantitative estimate of drug-likeness (QED) is 0.630. The van der Waals surface area contributed by atoms with Crippen molar-refractivity contribution in [3.63, 3.8) is 0 Å². The molecule has 0 atom stereocenters. The summed E-state index contributed by atoms with van der Waals surface area (Å²) in [6.07, 6.45) is 2.64. The van der Waals surface area contributed by atoms with Crippen LogP contribution in [0.4, 0.5) is 0 Å². The summed E-state index contributed by atoms with van der Waals surface area (Å²) in [6, 6.07) is 0. The van der Waals surface area contributed by atoms with Crippen molar-refractivity contribution < 1.29 is 0 Å². The monoisotopic (exact) mass is 163 g/mol. The van der Waals surface area contributed by atoms with E-state index in [9.17, 15) is 0 Å². The molecule has 0 aromatic heterocycles. The number of thioether (sulfide) groups is 1. The molecular weight excluding hydrogens is 142 g/mol. The lowest BCUT2D eigenvalue weighted by Crippen LogP contribution is -2.01. The molecule has 64 valence electrons. The van der Waals surface area contributed by atoms with Crippen LogP contribution in [0.2, 0.25) is 0 Å². The van der Waals surface area contributed by atoms with Gasteiger partial charge in [0.05, 0.1) is 0 Å². The van der Waals surface area contributed by atoms with Gasteiger partial charge in [0, 0.05) is 12.3 Å². The van der Waals surface area contributed by atoms with E-state index in [1.807, 2.05) is 25.6 Å². The minimum Gasteiger partial charge on any atom is -0.330 e. The fraction of sp³-hybridized carbons (Fsp3) is 1.00. The van der Waals surface area contributed by atoms with Crippen LogP contribution in [-0.2, 0) is 0 Å². The number of rotatable bonds is 5. The van der Waals surface area contributed by atoms with E-state index in [-0.39, 0.29) is 0 Å². The average Bonchev–Trinajstić information content (AvgIpc) is 2.02. The van der Waals surface area contributed by atoms with Crippen LogP contribution < -0.4 is 5.73 Å². The average molecular weight is 163 g/mol. The predicted molar refractivity (Wildman–Crippen MR) is 52.6 cm³/mol. The normalized spacial score (nSPS) is 8.40. The van der Waals surface area contributed by atoms with Gasteiger partial charge in [0.25, 0.3) is 0 Å². The number of nitrogens with two attached hydrogens (primary N) is 1. The van der Waals surface area contributed by atoms with Gasteiger partial charge in [-0.3, -0.25) is 0 Å². The largest absolute Gasteiger partial charge is 0.330 e. The van der Waals surface area contributed by atoms with Gasteiger partial charge >= 0.3 is 0 Å². The van der Waals surface area contributed by atoms with Crippen molar-refractivity contribution in [1.29, 1.82) is 0 Å². The molecule has 2 heteroatoms. The van der Waals surface area contributed by atoms with Gasteiger partial charge in [-0.05, 0) is 12.2 Å². The van der Waals surface area contributed by atoms with Crippen LogP contribution >= 0.6 is 11.8 Å². The molecule has 0 rings (SSSR count). The Morgan fingerprint density at radius 1 is 1.20 bits per heavy atom. The van der Waals surface area contributed by atoms with Crippen LogP contribution in [0.15, 0.2) is 0 Å². The molecule has 0 aliphatic heterocycles. The van der Waals surface area contributed by atoms with Crippen LogP contribution in [0.25, 0.3) is 0 Å². The van der Waals surface area contributed by atoms with E-state index in [0.717, 1.165) is 12.3 Å². The van der Waals surface area contributed by atoms with Crippen molar-refractivity contribution in [2.45, 2.75) is 33.6 Å². The van der Waals surface area contributed by atoms with Gasteiger partial charge < -0.3 is 5.73 Å². The summed E-state index contributed by atoms with van der Waals surface area (Å²) >= 11 is 1.95. The molecule has 0 saturated heterocycles. The lowest BCUT2D eigenvalue weighted by Gasteiger charge is -1.94. The Labute approximate surface area is 69.8 Å². The second-order valence-corrected chi connectivity index (χ2v) is 2.98. The summed E-state index contributed by atoms with van der Waals surface area (Å²) in [4.78, 5) is 0. The highest BCUT2D eigenvalue weighted by molar-refractivity contribution is 7.99. The summed E-state index contributed by atoms with van der Waals surface area (Å²) in [6.45, 7) is 7.04. The lowest BCUT2D eigenvalue weighted by molar-refractivity contribution is 0.895. The van der Waals surface area contributed by atoms with Crippen LogP contribution in [0.3, 0.4) is 0 Å². The van der Waals surface area contributed by atoms with Crippen molar-refractivity contribution in [3.05, 3.63) is 0 Å². The van der Waals surface area contributed by atoms with E-state index < -0.39 is 0 Å². The first-order valence-corrected chi connectivity index (χ1v) is 5.35. The van der Waals surface area contributed by atoms with Gasteiger partial charge in [-0.2, -0.15) is 11.8 Å². The van der Waals surface area contributed by atoms with Crippen molar-refractivity contribution in [2.75, 3.05) is 18.1 Å². The predicted octanol–water partition coefficient (Wildman–Crippen LogP) is 2.50. The van der Waals surface area contributed by atoms with Crippen molar-refractivity contribution >= 4 is 11.8 Å². The summed E-state index contributed by atoms with van der Waals surface area (Å²) < 4.78 is 0. The Balaban J connectivity index is 0. The van der Waals surface area contributed by atoms with E-state index in [4.69, 9.17) is 5.73 Å². The molecule has 0 aromatic rings. The van der Waals surface area contributed by atoms with Crippen molar-refractivity contribution in [2.24, 2.45) is 5.73 Å². The Kier molecular flexibility index (Phi) is 20.9. The van der Waals surface area contributed by atoms with Crippen LogP contribution in [0.1, 0.15) is 33.6 Å².